The monoisotopic (exact) mass is 326 g/mol. The quantitative estimate of drug-likeness (QED) is 0.863. The van der Waals surface area contributed by atoms with Gasteiger partial charge in [0, 0.05) is 18.6 Å². The van der Waals surface area contributed by atoms with Gasteiger partial charge < -0.3 is 5.32 Å². The molecule has 3 heteroatoms. The molecule has 1 N–H and O–H groups in total. The highest BCUT2D eigenvalue weighted by molar-refractivity contribution is 5.17. The van der Waals surface area contributed by atoms with Crippen molar-refractivity contribution < 1.29 is 4.39 Å². The molecule has 2 aromatic rings. The molecule has 1 unspecified atom stereocenters. The predicted octanol–water partition coefficient (Wildman–Crippen LogP) is 4.01. The van der Waals surface area contributed by atoms with Crippen LogP contribution in [-0.4, -0.2) is 30.1 Å². The molecule has 2 aromatic carbocycles. The number of benzene rings is 2. The molecular weight excluding hydrogens is 299 g/mol. The first-order valence-electron chi connectivity index (χ1n) is 8.96. The lowest BCUT2D eigenvalue weighted by Gasteiger charge is -2.34. The summed E-state index contributed by atoms with van der Waals surface area (Å²) < 4.78 is 13.0. The molecule has 0 amide bonds. The van der Waals surface area contributed by atoms with Gasteiger partial charge in [-0.1, -0.05) is 42.5 Å². The number of likely N-dealkylation sites (tertiary alicyclic amines) is 1. The number of nitrogens with one attached hydrogen (secondary N) is 1. The molecule has 0 spiro atoms. The second-order valence-corrected chi connectivity index (χ2v) is 6.93. The lowest BCUT2D eigenvalue weighted by Crippen LogP contribution is -2.45. The molecule has 0 bridgehead atoms. The highest BCUT2D eigenvalue weighted by atomic mass is 19.1. The predicted molar refractivity (Wildman–Crippen MR) is 97.4 cm³/mol. The molecular formula is C21H27FN2. The van der Waals surface area contributed by atoms with Gasteiger partial charge in [-0.25, -0.2) is 4.39 Å². The first kappa shape index (κ1) is 17.1. The van der Waals surface area contributed by atoms with Crippen LogP contribution in [0.5, 0.6) is 0 Å². The van der Waals surface area contributed by atoms with Crippen molar-refractivity contribution in [1.29, 1.82) is 0 Å². The Morgan fingerprint density at radius 2 is 1.67 bits per heavy atom. The lowest BCUT2D eigenvalue weighted by molar-refractivity contribution is 0.185. The summed E-state index contributed by atoms with van der Waals surface area (Å²) in [6.45, 7) is 5.57. The first-order chi connectivity index (χ1) is 11.7. The van der Waals surface area contributed by atoms with Crippen molar-refractivity contribution in [2.75, 3.05) is 13.1 Å². The summed E-state index contributed by atoms with van der Waals surface area (Å²) in [7, 11) is 0. The summed E-state index contributed by atoms with van der Waals surface area (Å²) in [4.78, 5) is 2.54. The molecule has 1 aliphatic heterocycles. The smallest absolute Gasteiger partial charge is 0.123 e. The normalized spacial score (nSPS) is 17.8. The van der Waals surface area contributed by atoms with E-state index in [1.54, 1.807) is 12.1 Å². The molecule has 24 heavy (non-hydrogen) atoms. The van der Waals surface area contributed by atoms with E-state index in [1.807, 2.05) is 12.1 Å². The fourth-order valence-electron chi connectivity index (χ4n) is 3.53. The highest BCUT2D eigenvalue weighted by Crippen LogP contribution is 2.15. The minimum absolute atomic E-state index is 0.162. The Morgan fingerprint density at radius 3 is 2.33 bits per heavy atom. The molecule has 1 atom stereocenters. The summed E-state index contributed by atoms with van der Waals surface area (Å²) in [5.41, 5.74) is 2.59. The van der Waals surface area contributed by atoms with Crippen LogP contribution in [0.25, 0.3) is 0 Å². The maximum atomic E-state index is 13.0. The number of halogens is 1. The van der Waals surface area contributed by atoms with Crippen molar-refractivity contribution in [2.24, 2.45) is 0 Å². The molecule has 0 radical (unpaired) electrons. The van der Waals surface area contributed by atoms with Gasteiger partial charge in [0.15, 0.2) is 0 Å². The Kier molecular flexibility index (Phi) is 6.00. The lowest BCUT2D eigenvalue weighted by atomic mass is 10.0. The van der Waals surface area contributed by atoms with E-state index < -0.39 is 0 Å². The maximum absolute atomic E-state index is 13.0. The summed E-state index contributed by atoms with van der Waals surface area (Å²) in [5.74, 6) is -0.162. The average Bonchev–Trinajstić information content (AvgIpc) is 2.60. The SMILES string of the molecule is CC(Cc1ccc(F)cc1)NC1CCN(Cc2ccccc2)CC1. The molecule has 1 aliphatic rings. The highest BCUT2D eigenvalue weighted by Gasteiger charge is 2.20. The third kappa shape index (κ3) is 5.15. The molecule has 0 aromatic heterocycles. The van der Waals surface area contributed by atoms with E-state index in [4.69, 9.17) is 0 Å². The van der Waals surface area contributed by atoms with E-state index in [0.717, 1.165) is 26.1 Å². The van der Waals surface area contributed by atoms with Crippen molar-refractivity contribution in [3.8, 4) is 0 Å². The van der Waals surface area contributed by atoms with Gasteiger partial charge in [-0.3, -0.25) is 4.90 Å². The summed E-state index contributed by atoms with van der Waals surface area (Å²) >= 11 is 0. The largest absolute Gasteiger partial charge is 0.311 e. The second-order valence-electron chi connectivity index (χ2n) is 6.93. The minimum Gasteiger partial charge on any atom is -0.311 e. The van der Waals surface area contributed by atoms with Gasteiger partial charge in [-0.2, -0.15) is 0 Å². The fourth-order valence-corrected chi connectivity index (χ4v) is 3.53. The van der Waals surface area contributed by atoms with Crippen LogP contribution >= 0.6 is 0 Å². The molecule has 0 aliphatic carbocycles. The van der Waals surface area contributed by atoms with E-state index in [1.165, 1.54) is 24.0 Å². The number of rotatable bonds is 6. The zero-order valence-corrected chi connectivity index (χ0v) is 14.4. The molecule has 128 valence electrons. The molecule has 1 heterocycles. The zero-order valence-electron chi connectivity index (χ0n) is 14.4. The van der Waals surface area contributed by atoms with E-state index in [0.29, 0.717) is 12.1 Å². The van der Waals surface area contributed by atoms with E-state index in [2.05, 4.69) is 47.5 Å². The van der Waals surface area contributed by atoms with Gasteiger partial charge in [-0.15, -0.1) is 0 Å². The standard InChI is InChI=1S/C21H27FN2/c1-17(15-18-7-9-20(22)10-8-18)23-21-11-13-24(14-12-21)16-19-5-3-2-4-6-19/h2-10,17,21,23H,11-16H2,1H3. The Hall–Kier alpha value is -1.71. The third-order valence-electron chi connectivity index (χ3n) is 4.81. The van der Waals surface area contributed by atoms with E-state index in [-0.39, 0.29) is 5.82 Å². The number of piperidine rings is 1. The summed E-state index contributed by atoms with van der Waals surface area (Å²) in [5, 5.41) is 3.75. The van der Waals surface area contributed by atoms with Crippen LogP contribution < -0.4 is 5.32 Å². The van der Waals surface area contributed by atoms with Crippen LogP contribution in [0.1, 0.15) is 30.9 Å². The fraction of sp³-hybridized carbons (Fsp3) is 0.429. The summed E-state index contributed by atoms with van der Waals surface area (Å²) in [6, 6.07) is 18.6. The Balaban J connectivity index is 1.41. The van der Waals surface area contributed by atoms with Gasteiger partial charge >= 0.3 is 0 Å². The third-order valence-corrected chi connectivity index (χ3v) is 4.81. The van der Waals surface area contributed by atoms with Gasteiger partial charge in [0.25, 0.3) is 0 Å². The van der Waals surface area contributed by atoms with Gasteiger partial charge in [0.1, 0.15) is 5.82 Å². The maximum Gasteiger partial charge on any atom is 0.123 e. The average molecular weight is 326 g/mol. The van der Waals surface area contributed by atoms with Gasteiger partial charge in [0.05, 0.1) is 0 Å². The number of hydrogen-bond acceptors (Lipinski definition) is 2. The Bertz CT molecular complexity index is 603. The minimum atomic E-state index is -0.162. The van der Waals surface area contributed by atoms with Crippen LogP contribution in [0.4, 0.5) is 4.39 Å². The van der Waals surface area contributed by atoms with Crippen molar-refractivity contribution in [2.45, 2.75) is 44.8 Å². The van der Waals surface area contributed by atoms with E-state index in [9.17, 15) is 4.39 Å². The summed E-state index contributed by atoms with van der Waals surface area (Å²) in [6.07, 6.45) is 3.34. The van der Waals surface area contributed by atoms with Crippen LogP contribution in [0.15, 0.2) is 54.6 Å². The van der Waals surface area contributed by atoms with Gasteiger partial charge in [-0.05, 0) is 62.5 Å². The van der Waals surface area contributed by atoms with Gasteiger partial charge in [0.2, 0.25) is 0 Å². The van der Waals surface area contributed by atoms with Crippen molar-refractivity contribution in [1.82, 2.24) is 10.2 Å². The Morgan fingerprint density at radius 1 is 1.00 bits per heavy atom. The van der Waals surface area contributed by atoms with Crippen LogP contribution in [0.3, 0.4) is 0 Å². The number of nitrogens with zero attached hydrogens (tertiary/aromatic N) is 1. The molecule has 1 fully saturated rings. The topological polar surface area (TPSA) is 15.3 Å². The molecule has 2 nitrogen and oxygen atoms in total. The van der Waals surface area contributed by atoms with Crippen molar-refractivity contribution in [3.05, 3.63) is 71.5 Å². The van der Waals surface area contributed by atoms with E-state index >= 15 is 0 Å². The van der Waals surface area contributed by atoms with Crippen LogP contribution in [-0.2, 0) is 13.0 Å². The molecule has 3 rings (SSSR count). The zero-order chi connectivity index (χ0) is 16.8. The molecule has 0 saturated carbocycles. The van der Waals surface area contributed by atoms with Crippen LogP contribution in [0.2, 0.25) is 0 Å². The number of hydrogen-bond donors (Lipinski definition) is 1. The Labute approximate surface area is 144 Å². The molecule has 1 saturated heterocycles. The van der Waals surface area contributed by atoms with Crippen LogP contribution in [0, 0.1) is 5.82 Å². The first-order valence-corrected chi connectivity index (χ1v) is 8.96. The van der Waals surface area contributed by atoms with Crippen molar-refractivity contribution >= 4 is 0 Å². The second kappa shape index (κ2) is 8.41. The van der Waals surface area contributed by atoms with Crippen molar-refractivity contribution in [3.63, 3.8) is 0 Å².